The van der Waals surface area contributed by atoms with Crippen molar-refractivity contribution >= 4 is 10.9 Å². The zero-order chi connectivity index (χ0) is 14.9. The second-order valence-corrected chi connectivity index (χ2v) is 5.29. The average molecular weight is 298 g/mol. The van der Waals surface area contributed by atoms with Gasteiger partial charge in [-0.05, 0) is 41.5 Å². The highest BCUT2D eigenvalue weighted by Crippen LogP contribution is 2.32. The summed E-state index contributed by atoms with van der Waals surface area (Å²) >= 11 is 0. The lowest BCUT2D eigenvalue weighted by atomic mass is 10.1. The number of rotatable bonds is 4. The fourth-order valence-corrected chi connectivity index (χ4v) is 2.69. The summed E-state index contributed by atoms with van der Waals surface area (Å²) in [6.07, 6.45) is 1.91. The van der Waals surface area contributed by atoms with E-state index in [4.69, 9.17) is 9.47 Å². The molecule has 2 heterocycles. The minimum absolute atomic E-state index is 0.218. The van der Waals surface area contributed by atoms with E-state index < -0.39 is 0 Å². The second-order valence-electron chi connectivity index (χ2n) is 5.29. The fourth-order valence-electron chi connectivity index (χ4n) is 2.69. The minimum Gasteiger partial charge on any atom is -0.454 e. The molecule has 4 rings (SSSR count). The van der Waals surface area contributed by atoms with Crippen LogP contribution in [0.1, 0.15) is 11.1 Å². The molecule has 0 radical (unpaired) electrons. The van der Waals surface area contributed by atoms with Crippen LogP contribution in [0.3, 0.4) is 0 Å². The van der Waals surface area contributed by atoms with Crippen LogP contribution in [0.2, 0.25) is 0 Å². The molecule has 0 atom stereocenters. The Morgan fingerprint density at radius 3 is 2.91 bits per heavy atom. The summed E-state index contributed by atoms with van der Waals surface area (Å²) in [7, 11) is 0. The Bertz CT molecular complexity index is 829. The van der Waals surface area contributed by atoms with Crippen molar-refractivity contribution in [2.75, 3.05) is 6.79 Å². The Balaban J connectivity index is 1.45. The summed E-state index contributed by atoms with van der Waals surface area (Å²) < 4.78 is 24.0. The number of hydrogen-bond acceptors (Lipinski definition) is 3. The molecule has 0 bridgehead atoms. The van der Waals surface area contributed by atoms with E-state index in [9.17, 15) is 4.39 Å². The summed E-state index contributed by atoms with van der Waals surface area (Å²) in [6.45, 7) is 1.66. The lowest BCUT2D eigenvalue weighted by molar-refractivity contribution is 0.174. The molecule has 0 spiro atoms. The van der Waals surface area contributed by atoms with Gasteiger partial charge in [-0.1, -0.05) is 6.07 Å². The summed E-state index contributed by atoms with van der Waals surface area (Å²) in [5, 5.41) is 4.28. The number of halogens is 1. The van der Waals surface area contributed by atoms with Gasteiger partial charge in [0, 0.05) is 30.2 Å². The van der Waals surface area contributed by atoms with Gasteiger partial charge in [-0.25, -0.2) is 4.39 Å². The van der Waals surface area contributed by atoms with Crippen molar-refractivity contribution in [3.63, 3.8) is 0 Å². The highest BCUT2D eigenvalue weighted by atomic mass is 19.1. The second kappa shape index (κ2) is 5.35. The topological polar surface area (TPSA) is 46.3 Å². The van der Waals surface area contributed by atoms with Crippen LogP contribution in [0.25, 0.3) is 10.9 Å². The molecule has 4 nitrogen and oxygen atoms in total. The van der Waals surface area contributed by atoms with Crippen LogP contribution in [0.5, 0.6) is 11.5 Å². The van der Waals surface area contributed by atoms with Gasteiger partial charge in [-0.3, -0.25) is 0 Å². The molecule has 1 aliphatic heterocycles. The SMILES string of the molecule is Fc1ccc2[nH]cc(CNCc3ccc4c(c3)OCO4)c2c1. The van der Waals surface area contributed by atoms with Crippen LogP contribution in [0, 0.1) is 5.82 Å². The van der Waals surface area contributed by atoms with Crippen LogP contribution < -0.4 is 14.8 Å². The molecule has 2 N–H and O–H groups in total. The van der Waals surface area contributed by atoms with Gasteiger partial charge in [0.2, 0.25) is 6.79 Å². The normalized spacial score (nSPS) is 13.0. The molecule has 112 valence electrons. The lowest BCUT2D eigenvalue weighted by Gasteiger charge is -2.05. The van der Waals surface area contributed by atoms with Gasteiger partial charge in [0.25, 0.3) is 0 Å². The molecule has 0 saturated carbocycles. The molecular formula is C17H15FN2O2. The summed E-state index contributed by atoms with van der Waals surface area (Å²) in [4.78, 5) is 3.15. The highest BCUT2D eigenvalue weighted by Gasteiger charge is 2.13. The Kier molecular flexibility index (Phi) is 3.20. The first-order valence-electron chi connectivity index (χ1n) is 7.14. The van der Waals surface area contributed by atoms with E-state index in [-0.39, 0.29) is 12.6 Å². The van der Waals surface area contributed by atoms with E-state index >= 15 is 0 Å². The van der Waals surface area contributed by atoms with Crippen LogP contribution >= 0.6 is 0 Å². The Hall–Kier alpha value is -2.53. The maximum absolute atomic E-state index is 13.3. The summed E-state index contributed by atoms with van der Waals surface area (Å²) in [5.74, 6) is 1.36. The molecular weight excluding hydrogens is 283 g/mol. The van der Waals surface area contributed by atoms with E-state index in [0.29, 0.717) is 13.1 Å². The minimum atomic E-state index is -0.218. The molecule has 1 aliphatic rings. The lowest BCUT2D eigenvalue weighted by Crippen LogP contribution is -2.12. The number of benzene rings is 2. The summed E-state index contributed by atoms with van der Waals surface area (Å²) in [5.41, 5.74) is 3.12. The van der Waals surface area contributed by atoms with E-state index in [1.54, 1.807) is 12.1 Å². The fraction of sp³-hybridized carbons (Fsp3) is 0.176. The van der Waals surface area contributed by atoms with Gasteiger partial charge in [0.15, 0.2) is 11.5 Å². The molecule has 0 saturated heterocycles. The summed E-state index contributed by atoms with van der Waals surface area (Å²) in [6, 6.07) is 10.7. The highest BCUT2D eigenvalue weighted by molar-refractivity contribution is 5.83. The third-order valence-corrected chi connectivity index (χ3v) is 3.81. The van der Waals surface area contributed by atoms with Crippen LogP contribution in [0.15, 0.2) is 42.6 Å². The van der Waals surface area contributed by atoms with Gasteiger partial charge >= 0.3 is 0 Å². The number of ether oxygens (including phenoxy) is 2. The van der Waals surface area contributed by atoms with Crippen LogP contribution in [-0.4, -0.2) is 11.8 Å². The molecule has 0 aliphatic carbocycles. The number of H-pyrrole nitrogens is 1. The zero-order valence-corrected chi connectivity index (χ0v) is 11.9. The first-order chi connectivity index (χ1) is 10.8. The van der Waals surface area contributed by atoms with Gasteiger partial charge < -0.3 is 19.8 Å². The van der Waals surface area contributed by atoms with Gasteiger partial charge in [-0.15, -0.1) is 0 Å². The zero-order valence-electron chi connectivity index (χ0n) is 11.9. The number of aromatic amines is 1. The standard InChI is InChI=1S/C17H15FN2O2/c18-13-2-3-15-14(6-13)12(9-20-15)8-19-7-11-1-4-16-17(5-11)22-10-21-16/h1-6,9,19-20H,7-8,10H2. The van der Waals surface area contributed by atoms with Gasteiger partial charge in [-0.2, -0.15) is 0 Å². The van der Waals surface area contributed by atoms with Crippen molar-refractivity contribution in [3.8, 4) is 11.5 Å². The Morgan fingerprint density at radius 1 is 1.05 bits per heavy atom. The van der Waals surface area contributed by atoms with Crippen molar-refractivity contribution in [1.29, 1.82) is 0 Å². The third kappa shape index (κ3) is 2.40. The van der Waals surface area contributed by atoms with Gasteiger partial charge in [0.05, 0.1) is 0 Å². The average Bonchev–Trinajstić information content (AvgIpc) is 3.13. The number of fused-ring (bicyclic) bond motifs is 2. The maximum atomic E-state index is 13.3. The Morgan fingerprint density at radius 2 is 1.95 bits per heavy atom. The van der Waals surface area contributed by atoms with Crippen molar-refractivity contribution in [3.05, 3.63) is 59.5 Å². The predicted molar refractivity (Wildman–Crippen MR) is 81.4 cm³/mol. The molecule has 0 unspecified atom stereocenters. The molecule has 3 aromatic rings. The van der Waals surface area contributed by atoms with Crippen molar-refractivity contribution in [1.82, 2.24) is 10.3 Å². The monoisotopic (exact) mass is 298 g/mol. The smallest absolute Gasteiger partial charge is 0.231 e. The van der Waals surface area contributed by atoms with E-state index in [1.807, 2.05) is 24.4 Å². The maximum Gasteiger partial charge on any atom is 0.231 e. The Labute approximate surface area is 126 Å². The number of hydrogen-bond donors (Lipinski definition) is 2. The first kappa shape index (κ1) is 13.2. The van der Waals surface area contributed by atoms with E-state index in [1.165, 1.54) is 6.07 Å². The third-order valence-electron chi connectivity index (χ3n) is 3.81. The van der Waals surface area contributed by atoms with Gasteiger partial charge in [0.1, 0.15) is 5.82 Å². The van der Waals surface area contributed by atoms with E-state index in [2.05, 4.69) is 10.3 Å². The van der Waals surface area contributed by atoms with E-state index in [0.717, 1.165) is 33.5 Å². The number of nitrogens with one attached hydrogen (secondary N) is 2. The largest absolute Gasteiger partial charge is 0.454 e. The van der Waals surface area contributed by atoms with Crippen molar-refractivity contribution < 1.29 is 13.9 Å². The molecule has 0 fully saturated rings. The van der Waals surface area contributed by atoms with Crippen LogP contribution in [-0.2, 0) is 13.1 Å². The number of aromatic nitrogens is 1. The molecule has 1 aromatic heterocycles. The van der Waals surface area contributed by atoms with Crippen molar-refractivity contribution in [2.45, 2.75) is 13.1 Å². The van der Waals surface area contributed by atoms with Crippen molar-refractivity contribution in [2.24, 2.45) is 0 Å². The quantitative estimate of drug-likeness (QED) is 0.776. The van der Waals surface area contributed by atoms with Crippen LogP contribution in [0.4, 0.5) is 4.39 Å². The molecule has 5 heteroatoms. The first-order valence-corrected chi connectivity index (χ1v) is 7.14. The molecule has 22 heavy (non-hydrogen) atoms. The predicted octanol–water partition coefficient (Wildman–Crippen LogP) is 3.33. The molecule has 2 aromatic carbocycles. The molecule has 0 amide bonds.